The first-order valence-electron chi connectivity index (χ1n) is 9.17. The molecule has 0 unspecified atom stereocenters. The third-order valence-corrected chi connectivity index (χ3v) is 4.57. The van der Waals surface area contributed by atoms with Crippen LogP contribution in [0.1, 0.15) is 49.7 Å². The molecule has 0 atom stereocenters. The Kier molecular flexibility index (Phi) is 8.13. The summed E-state index contributed by atoms with van der Waals surface area (Å²) in [7, 11) is 0. The normalized spacial score (nSPS) is 10.3. The minimum Gasteiger partial charge on any atom is -0.492 e. The molecule has 146 valence electrons. The Balaban J connectivity index is 2.31. The van der Waals surface area contributed by atoms with Crippen LogP contribution in [0.25, 0.3) is 0 Å². The van der Waals surface area contributed by atoms with Gasteiger partial charge in [0, 0.05) is 18.6 Å². The molecule has 1 aromatic heterocycles. The maximum absolute atomic E-state index is 12.4. The molecule has 0 bridgehead atoms. The molecule has 1 heterocycles. The van der Waals surface area contributed by atoms with Gasteiger partial charge in [0.15, 0.2) is 0 Å². The van der Waals surface area contributed by atoms with E-state index in [4.69, 9.17) is 9.47 Å². The number of rotatable bonds is 10. The van der Waals surface area contributed by atoms with Gasteiger partial charge >= 0.3 is 0 Å². The highest BCUT2D eigenvalue weighted by molar-refractivity contribution is 7.12. The highest BCUT2D eigenvalue weighted by atomic mass is 32.1. The third kappa shape index (κ3) is 5.99. The van der Waals surface area contributed by atoms with E-state index in [9.17, 15) is 9.59 Å². The number of hydrogen-bond acceptors (Lipinski definition) is 5. The van der Waals surface area contributed by atoms with Crippen LogP contribution in [-0.2, 0) is 4.79 Å². The molecule has 0 aliphatic rings. The van der Waals surface area contributed by atoms with E-state index in [0.29, 0.717) is 47.4 Å². The van der Waals surface area contributed by atoms with Crippen molar-refractivity contribution in [2.75, 3.05) is 23.8 Å². The fourth-order valence-electron chi connectivity index (χ4n) is 2.45. The average Bonchev–Trinajstić information content (AvgIpc) is 3.18. The molecule has 0 aliphatic heterocycles. The van der Waals surface area contributed by atoms with Crippen LogP contribution in [0.4, 0.5) is 11.4 Å². The Morgan fingerprint density at radius 1 is 1.00 bits per heavy atom. The Hall–Kier alpha value is -2.54. The molecule has 0 spiro atoms. The lowest BCUT2D eigenvalue weighted by molar-refractivity contribution is -0.116. The first-order chi connectivity index (χ1) is 13.1. The number of ether oxygens (including phenoxy) is 2. The quantitative estimate of drug-likeness (QED) is 0.603. The summed E-state index contributed by atoms with van der Waals surface area (Å²) in [6, 6.07) is 6.97. The van der Waals surface area contributed by atoms with Crippen LogP contribution >= 0.6 is 11.3 Å². The topological polar surface area (TPSA) is 76.7 Å². The molecule has 2 amide bonds. The van der Waals surface area contributed by atoms with Crippen molar-refractivity contribution in [1.29, 1.82) is 0 Å². The van der Waals surface area contributed by atoms with Crippen molar-refractivity contribution in [3.8, 4) is 11.5 Å². The number of carbonyl (C=O) groups is 2. The Labute approximate surface area is 163 Å². The number of amides is 2. The summed E-state index contributed by atoms with van der Waals surface area (Å²) in [6.07, 6.45) is 2.22. The molecule has 1 aromatic carbocycles. The maximum Gasteiger partial charge on any atom is 0.265 e. The summed E-state index contributed by atoms with van der Waals surface area (Å²) in [4.78, 5) is 25.2. The molecule has 27 heavy (non-hydrogen) atoms. The minimum atomic E-state index is -0.215. The highest BCUT2D eigenvalue weighted by Crippen LogP contribution is 2.37. The molecule has 7 heteroatoms. The van der Waals surface area contributed by atoms with Crippen molar-refractivity contribution in [1.82, 2.24) is 0 Å². The predicted octanol–water partition coefficient (Wildman–Crippen LogP) is 4.93. The summed E-state index contributed by atoms with van der Waals surface area (Å²) >= 11 is 1.36. The van der Waals surface area contributed by atoms with Gasteiger partial charge in [0.2, 0.25) is 5.91 Å². The Morgan fingerprint density at radius 3 is 2.15 bits per heavy atom. The van der Waals surface area contributed by atoms with Gasteiger partial charge in [-0.1, -0.05) is 19.4 Å². The first kappa shape index (κ1) is 20.8. The standard InChI is InChI=1S/C20H26N2O4S/c1-4-7-10-19(23)21-14-12-17(26-6-3)15(13-16(14)25-5-2)22-20(24)18-9-8-11-27-18/h8-9,11-13H,4-7,10H2,1-3H3,(H,21,23)(H,22,24). The summed E-state index contributed by atoms with van der Waals surface area (Å²) in [5, 5.41) is 7.59. The van der Waals surface area contributed by atoms with Crippen LogP contribution in [0, 0.1) is 0 Å². The van der Waals surface area contributed by atoms with Gasteiger partial charge in [0.1, 0.15) is 11.5 Å². The largest absolute Gasteiger partial charge is 0.492 e. The van der Waals surface area contributed by atoms with E-state index in [1.807, 2.05) is 32.2 Å². The summed E-state index contributed by atoms with van der Waals surface area (Å²) in [6.45, 7) is 6.63. The number of nitrogens with one attached hydrogen (secondary N) is 2. The minimum absolute atomic E-state index is 0.0735. The number of anilines is 2. The van der Waals surface area contributed by atoms with Crippen LogP contribution in [0.3, 0.4) is 0 Å². The molecule has 0 saturated heterocycles. The fourth-order valence-corrected chi connectivity index (χ4v) is 3.07. The molecular weight excluding hydrogens is 364 g/mol. The van der Waals surface area contributed by atoms with Gasteiger partial charge in [-0.3, -0.25) is 9.59 Å². The van der Waals surface area contributed by atoms with Crippen LogP contribution in [0.5, 0.6) is 11.5 Å². The number of carbonyl (C=O) groups excluding carboxylic acids is 2. The molecule has 2 N–H and O–H groups in total. The SMILES string of the molecule is CCCCC(=O)Nc1cc(OCC)c(NC(=O)c2cccs2)cc1OCC. The second-order valence-electron chi connectivity index (χ2n) is 5.79. The van der Waals surface area contributed by atoms with Gasteiger partial charge in [0.25, 0.3) is 5.91 Å². The van der Waals surface area contributed by atoms with Crippen molar-refractivity contribution >= 4 is 34.5 Å². The van der Waals surface area contributed by atoms with Gasteiger partial charge in [-0.05, 0) is 31.7 Å². The fraction of sp³-hybridized carbons (Fsp3) is 0.400. The van der Waals surface area contributed by atoms with Crippen LogP contribution in [-0.4, -0.2) is 25.0 Å². The molecule has 0 saturated carbocycles. The number of hydrogen-bond donors (Lipinski definition) is 2. The number of benzene rings is 1. The molecule has 0 radical (unpaired) electrons. The predicted molar refractivity (Wildman–Crippen MR) is 109 cm³/mol. The van der Waals surface area contributed by atoms with Crippen LogP contribution in [0.15, 0.2) is 29.6 Å². The van der Waals surface area contributed by atoms with Gasteiger partial charge in [-0.15, -0.1) is 11.3 Å². The monoisotopic (exact) mass is 390 g/mol. The van der Waals surface area contributed by atoms with Gasteiger partial charge in [-0.2, -0.15) is 0 Å². The Morgan fingerprint density at radius 2 is 1.63 bits per heavy atom. The molecule has 0 aliphatic carbocycles. The molecule has 2 rings (SSSR count). The zero-order chi connectivity index (χ0) is 19.6. The van der Waals surface area contributed by atoms with E-state index in [1.54, 1.807) is 18.2 Å². The van der Waals surface area contributed by atoms with Crippen molar-refractivity contribution in [2.24, 2.45) is 0 Å². The second-order valence-corrected chi connectivity index (χ2v) is 6.74. The maximum atomic E-state index is 12.4. The van der Waals surface area contributed by atoms with Crippen LogP contribution in [0.2, 0.25) is 0 Å². The van der Waals surface area contributed by atoms with E-state index in [2.05, 4.69) is 10.6 Å². The van der Waals surface area contributed by atoms with Crippen molar-refractivity contribution < 1.29 is 19.1 Å². The Bertz CT molecular complexity index is 760. The van der Waals surface area contributed by atoms with Gasteiger partial charge in [0.05, 0.1) is 29.5 Å². The van der Waals surface area contributed by atoms with Gasteiger partial charge in [-0.25, -0.2) is 0 Å². The lowest BCUT2D eigenvalue weighted by Gasteiger charge is -2.17. The summed E-state index contributed by atoms with van der Waals surface area (Å²) < 4.78 is 11.3. The van der Waals surface area contributed by atoms with Crippen molar-refractivity contribution in [2.45, 2.75) is 40.0 Å². The molecule has 0 fully saturated rings. The third-order valence-electron chi connectivity index (χ3n) is 3.71. The number of unbranched alkanes of at least 4 members (excludes halogenated alkanes) is 1. The smallest absolute Gasteiger partial charge is 0.265 e. The van der Waals surface area contributed by atoms with E-state index >= 15 is 0 Å². The zero-order valence-corrected chi connectivity index (χ0v) is 16.8. The van der Waals surface area contributed by atoms with Gasteiger partial charge < -0.3 is 20.1 Å². The van der Waals surface area contributed by atoms with E-state index < -0.39 is 0 Å². The molecule has 2 aromatic rings. The average molecular weight is 391 g/mol. The second kappa shape index (κ2) is 10.6. The number of thiophene rings is 1. The molecular formula is C20H26N2O4S. The highest BCUT2D eigenvalue weighted by Gasteiger charge is 2.17. The van der Waals surface area contributed by atoms with E-state index in [0.717, 1.165) is 12.8 Å². The van der Waals surface area contributed by atoms with E-state index in [1.165, 1.54) is 11.3 Å². The lowest BCUT2D eigenvalue weighted by atomic mass is 10.2. The zero-order valence-electron chi connectivity index (χ0n) is 16.0. The van der Waals surface area contributed by atoms with E-state index in [-0.39, 0.29) is 11.8 Å². The summed E-state index contributed by atoms with van der Waals surface area (Å²) in [5.74, 6) is 0.688. The lowest BCUT2D eigenvalue weighted by Crippen LogP contribution is -2.15. The molecule has 6 nitrogen and oxygen atoms in total. The first-order valence-corrected chi connectivity index (χ1v) is 10.0. The van der Waals surface area contributed by atoms with Crippen molar-refractivity contribution in [3.63, 3.8) is 0 Å². The summed E-state index contributed by atoms with van der Waals surface area (Å²) in [5.41, 5.74) is 1.04. The van der Waals surface area contributed by atoms with Crippen molar-refractivity contribution in [3.05, 3.63) is 34.5 Å². The van der Waals surface area contributed by atoms with Crippen LogP contribution < -0.4 is 20.1 Å².